The lowest BCUT2D eigenvalue weighted by Crippen LogP contribution is -2.24. The van der Waals surface area contributed by atoms with Crippen LogP contribution in [0.25, 0.3) is 5.78 Å². The van der Waals surface area contributed by atoms with E-state index in [1.807, 2.05) is 6.92 Å². The molecule has 0 spiro atoms. The van der Waals surface area contributed by atoms with Gasteiger partial charge >= 0.3 is 0 Å². The minimum absolute atomic E-state index is 0.159. The van der Waals surface area contributed by atoms with Crippen LogP contribution in [-0.2, 0) is 17.8 Å². The molecule has 0 bridgehead atoms. The van der Waals surface area contributed by atoms with Crippen LogP contribution in [0.1, 0.15) is 24.6 Å². The van der Waals surface area contributed by atoms with E-state index >= 15 is 0 Å². The van der Waals surface area contributed by atoms with E-state index < -0.39 is 0 Å². The van der Waals surface area contributed by atoms with E-state index in [0.29, 0.717) is 23.9 Å². The second kappa shape index (κ2) is 8.13. The Kier molecular flexibility index (Phi) is 5.67. The van der Waals surface area contributed by atoms with Crippen molar-refractivity contribution >= 4 is 23.4 Å². The number of nitrogens with zero attached hydrogens (tertiary/aromatic N) is 3. The van der Waals surface area contributed by atoms with E-state index in [1.165, 1.54) is 30.0 Å². The Labute approximate surface area is 153 Å². The first kappa shape index (κ1) is 18.1. The van der Waals surface area contributed by atoms with Crippen molar-refractivity contribution in [1.29, 1.82) is 0 Å². The number of amides is 1. The Bertz CT molecular complexity index is 967. The molecule has 2 N–H and O–H groups in total. The van der Waals surface area contributed by atoms with Gasteiger partial charge in [-0.3, -0.25) is 19.0 Å². The Morgan fingerprint density at radius 1 is 1.31 bits per heavy atom. The second-order valence-corrected chi connectivity index (χ2v) is 6.65. The highest BCUT2D eigenvalue weighted by molar-refractivity contribution is 7.99. The lowest BCUT2D eigenvalue weighted by Gasteiger charge is -2.07. The summed E-state index contributed by atoms with van der Waals surface area (Å²) in [6.45, 7) is 2.35. The normalized spacial score (nSPS) is 11.0. The number of aromatic amines is 1. The maximum Gasteiger partial charge on any atom is 0.252 e. The van der Waals surface area contributed by atoms with Crippen LogP contribution in [0, 0.1) is 5.82 Å². The predicted molar refractivity (Wildman–Crippen MR) is 96.6 cm³/mol. The number of hydrogen-bond donors (Lipinski definition) is 2. The fourth-order valence-corrected chi connectivity index (χ4v) is 3.28. The number of nitrogens with one attached hydrogen (secondary N) is 2. The number of H-pyrrole nitrogens is 1. The molecule has 0 fully saturated rings. The van der Waals surface area contributed by atoms with Crippen molar-refractivity contribution in [3.8, 4) is 0 Å². The number of aryl methyl sites for hydroxylation is 1. The molecule has 26 heavy (non-hydrogen) atoms. The minimum atomic E-state index is -0.310. The molecule has 3 aromatic rings. The highest BCUT2D eigenvalue weighted by atomic mass is 32.2. The summed E-state index contributed by atoms with van der Waals surface area (Å²) in [5.41, 5.74) is 1.41. The summed E-state index contributed by atoms with van der Waals surface area (Å²) >= 11 is 1.24. The van der Waals surface area contributed by atoms with Gasteiger partial charge in [-0.2, -0.15) is 0 Å². The van der Waals surface area contributed by atoms with Crippen molar-refractivity contribution in [3.63, 3.8) is 0 Å². The molecule has 0 saturated heterocycles. The number of thioether (sulfide) groups is 1. The van der Waals surface area contributed by atoms with E-state index in [4.69, 9.17) is 0 Å². The van der Waals surface area contributed by atoms with Crippen LogP contribution in [0.15, 0.2) is 40.3 Å². The molecule has 3 rings (SSSR count). The van der Waals surface area contributed by atoms with Crippen LogP contribution in [0.5, 0.6) is 0 Å². The third-order valence-electron chi connectivity index (χ3n) is 3.69. The zero-order valence-corrected chi connectivity index (χ0v) is 15.0. The van der Waals surface area contributed by atoms with Gasteiger partial charge in [-0.15, -0.1) is 10.2 Å². The number of rotatable bonds is 7. The summed E-state index contributed by atoms with van der Waals surface area (Å²) in [5.74, 6) is 0.0510. The highest BCUT2D eigenvalue weighted by Gasteiger charge is 2.13. The van der Waals surface area contributed by atoms with Crippen LogP contribution in [0.4, 0.5) is 4.39 Å². The van der Waals surface area contributed by atoms with Crippen molar-refractivity contribution in [3.05, 3.63) is 57.8 Å². The van der Waals surface area contributed by atoms with Crippen molar-refractivity contribution in [2.45, 2.75) is 31.5 Å². The smallest absolute Gasteiger partial charge is 0.252 e. The molecule has 0 unspecified atom stereocenters. The van der Waals surface area contributed by atoms with Gasteiger partial charge in [-0.1, -0.05) is 37.2 Å². The van der Waals surface area contributed by atoms with Gasteiger partial charge in [-0.25, -0.2) is 4.39 Å². The van der Waals surface area contributed by atoms with Crippen molar-refractivity contribution < 1.29 is 9.18 Å². The van der Waals surface area contributed by atoms with Crippen LogP contribution in [-0.4, -0.2) is 31.2 Å². The van der Waals surface area contributed by atoms with E-state index in [-0.39, 0.29) is 23.0 Å². The molecule has 0 atom stereocenters. The Morgan fingerprint density at radius 3 is 2.81 bits per heavy atom. The Morgan fingerprint density at radius 2 is 2.08 bits per heavy atom. The second-order valence-electron chi connectivity index (χ2n) is 5.71. The van der Waals surface area contributed by atoms with Gasteiger partial charge in [-0.05, 0) is 24.1 Å². The molecule has 7 nitrogen and oxygen atoms in total. The molecule has 0 saturated carbocycles. The number of aromatic nitrogens is 4. The Balaban J connectivity index is 1.64. The number of fused-ring (bicyclic) bond motifs is 1. The fraction of sp³-hybridized carbons (Fsp3) is 0.294. The summed E-state index contributed by atoms with van der Waals surface area (Å²) in [7, 11) is 0. The van der Waals surface area contributed by atoms with Crippen LogP contribution in [0.2, 0.25) is 0 Å². The first-order chi connectivity index (χ1) is 12.6. The quantitative estimate of drug-likeness (QED) is 0.616. The number of hydrogen-bond acceptors (Lipinski definition) is 5. The van der Waals surface area contributed by atoms with Gasteiger partial charge in [0, 0.05) is 18.3 Å². The molecular formula is C17H18FN5O2S. The summed E-state index contributed by atoms with van der Waals surface area (Å²) in [4.78, 5) is 26.4. The maximum atomic E-state index is 12.9. The molecule has 0 aliphatic carbocycles. The van der Waals surface area contributed by atoms with Crippen molar-refractivity contribution in [2.75, 3.05) is 5.75 Å². The molecule has 1 aromatic carbocycles. The zero-order valence-electron chi connectivity index (χ0n) is 14.2. The molecule has 0 aliphatic rings. The van der Waals surface area contributed by atoms with Crippen molar-refractivity contribution in [1.82, 2.24) is 24.9 Å². The lowest BCUT2D eigenvalue weighted by molar-refractivity contribution is -0.118. The molecule has 0 radical (unpaired) electrons. The zero-order chi connectivity index (χ0) is 18.5. The average molecular weight is 375 g/mol. The molecule has 0 aliphatic heterocycles. The van der Waals surface area contributed by atoms with E-state index in [2.05, 4.69) is 20.5 Å². The monoisotopic (exact) mass is 375 g/mol. The average Bonchev–Trinajstić information content (AvgIpc) is 3.02. The number of carbonyl (C=O) groups excluding carboxylic acids is 1. The number of benzene rings is 1. The molecule has 136 valence electrons. The van der Waals surface area contributed by atoms with Gasteiger partial charge < -0.3 is 5.32 Å². The summed E-state index contributed by atoms with van der Waals surface area (Å²) in [6.07, 6.45) is 1.59. The first-order valence-electron chi connectivity index (χ1n) is 8.18. The molecule has 1 amide bonds. The van der Waals surface area contributed by atoms with Gasteiger partial charge in [0.05, 0.1) is 5.75 Å². The third kappa shape index (κ3) is 4.29. The predicted octanol–water partition coefficient (Wildman–Crippen LogP) is 1.92. The number of carbonyl (C=O) groups is 1. The lowest BCUT2D eigenvalue weighted by atomic mass is 10.2. The summed E-state index contributed by atoms with van der Waals surface area (Å²) < 4.78 is 14.6. The van der Waals surface area contributed by atoms with Gasteiger partial charge in [0.2, 0.25) is 11.7 Å². The minimum Gasteiger partial charge on any atom is -0.351 e. The molecule has 2 aromatic heterocycles. The Hall–Kier alpha value is -2.68. The first-order valence-corrected chi connectivity index (χ1v) is 9.16. The van der Waals surface area contributed by atoms with E-state index in [9.17, 15) is 14.0 Å². The van der Waals surface area contributed by atoms with E-state index in [0.717, 1.165) is 17.7 Å². The molecule has 9 heteroatoms. The van der Waals surface area contributed by atoms with Crippen LogP contribution < -0.4 is 10.9 Å². The SMILES string of the molecule is CCCc1cc(=O)[nH]c2nnc(SCC(=O)NCc3ccc(F)cc3)n12. The van der Waals surface area contributed by atoms with Gasteiger partial charge in [0.1, 0.15) is 5.82 Å². The fourth-order valence-electron chi connectivity index (χ4n) is 2.49. The summed E-state index contributed by atoms with van der Waals surface area (Å²) in [6, 6.07) is 7.49. The summed E-state index contributed by atoms with van der Waals surface area (Å²) in [5, 5.41) is 11.4. The third-order valence-corrected chi connectivity index (χ3v) is 4.62. The topological polar surface area (TPSA) is 92.2 Å². The van der Waals surface area contributed by atoms with Gasteiger partial charge in [0.25, 0.3) is 5.56 Å². The maximum absolute atomic E-state index is 12.9. The molecule has 2 heterocycles. The van der Waals surface area contributed by atoms with Crippen LogP contribution >= 0.6 is 11.8 Å². The molecular weight excluding hydrogens is 357 g/mol. The van der Waals surface area contributed by atoms with Crippen LogP contribution in [0.3, 0.4) is 0 Å². The number of halogens is 1. The largest absolute Gasteiger partial charge is 0.351 e. The van der Waals surface area contributed by atoms with Gasteiger partial charge in [0.15, 0.2) is 5.16 Å². The highest BCUT2D eigenvalue weighted by Crippen LogP contribution is 2.17. The van der Waals surface area contributed by atoms with E-state index in [1.54, 1.807) is 16.5 Å². The standard InChI is InChI=1S/C17H18FN5O2S/c1-2-3-13-8-14(24)20-16-21-22-17(23(13)16)26-10-15(25)19-9-11-4-6-12(18)7-5-11/h4-8H,2-3,9-10H2,1H3,(H,19,25)(H,20,21,24). The van der Waals surface area contributed by atoms with Crippen molar-refractivity contribution in [2.24, 2.45) is 0 Å².